The van der Waals surface area contributed by atoms with Crippen molar-refractivity contribution >= 4 is 0 Å². The predicted molar refractivity (Wildman–Crippen MR) is 43.6 cm³/mol. The van der Waals surface area contributed by atoms with E-state index in [0.29, 0.717) is 6.54 Å². The van der Waals surface area contributed by atoms with Crippen LogP contribution in [-0.4, -0.2) is 58.4 Å². The molecule has 0 aliphatic carbocycles. The second-order valence-electron chi connectivity index (χ2n) is 2.75. The zero-order valence-corrected chi connectivity index (χ0v) is 7.31. The van der Waals surface area contributed by atoms with Gasteiger partial charge < -0.3 is 25.7 Å². The Morgan fingerprint density at radius 2 is 1.58 bits per heavy atom. The van der Waals surface area contributed by atoms with E-state index in [2.05, 4.69) is 5.32 Å². The molecular weight excluding hydrogens is 162 g/mol. The molecule has 0 amide bonds. The zero-order valence-electron chi connectivity index (χ0n) is 7.31. The molecule has 5 nitrogen and oxygen atoms in total. The average molecular weight is 179 g/mol. The molecule has 1 aliphatic heterocycles. The van der Waals surface area contributed by atoms with E-state index in [1.807, 2.05) is 0 Å². The third-order valence-corrected chi connectivity index (χ3v) is 1.91. The lowest BCUT2D eigenvalue weighted by Crippen LogP contribution is -2.58. The minimum Gasteiger partial charge on any atom is -0.400 e. The lowest BCUT2D eigenvalue weighted by atomic mass is 9.98. The van der Waals surface area contributed by atoms with Crippen molar-refractivity contribution < 1.29 is 20.4 Å². The molecule has 0 bridgehead atoms. The Balaban J connectivity index is 0.000000561. The van der Waals surface area contributed by atoms with Gasteiger partial charge in [-0.1, -0.05) is 0 Å². The van der Waals surface area contributed by atoms with Gasteiger partial charge in [-0.05, 0) is 6.92 Å². The molecule has 74 valence electrons. The largest absolute Gasteiger partial charge is 0.400 e. The Kier molecular flexibility index (Phi) is 5.36. The highest BCUT2D eigenvalue weighted by molar-refractivity contribution is 4.89. The summed E-state index contributed by atoms with van der Waals surface area (Å²) >= 11 is 0. The minimum atomic E-state index is -1.00. The molecule has 0 aromatic heterocycles. The van der Waals surface area contributed by atoms with Crippen LogP contribution in [0.1, 0.15) is 6.92 Å². The molecule has 4 atom stereocenters. The number of nitrogens with one attached hydrogen (secondary N) is 1. The van der Waals surface area contributed by atoms with Crippen LogP contribution < -0.4 is 5.32 Å². The molecule has 1 fully saturated rings. The Morgan fingerprint density at radius 3 is 2.00 bits per heavy atom. The van der Waals surface area contributed by atoms with Crippen molar-refractivity contribution in [1.82, 2.24) is 5.32 Å². The number of aliphatic hydroxyl groups excluding tert-OH is 4. The summed E-state index contributed by atoms with van der Waals surface area (Å²) in [7, 11) is 1.00. The molecule has 1 aliphatic rings. The molecule has 5 N–H and O–H groups in total. The first-order chi connectivity index (χ1) is 5.63. The normalized spacial score (nSPS) is 41.5. The SMILES string of the molecule is CC1NCC(O)C(O)C1O.CO. The Bertz CT molecular complexity index is 108. The summed E-state index contributed by atoms with van der Waals surface area (Å²) in [5.41, 5.74) is 0. The maximum Gasteiger partial charge on any atom is 0.108 e. The first kappa shape index (κ1) is 11.8. The standard InChI is InChI=1S/C6H13NO3.CH4O/c1-3-5(9)6(10)4(8)2-7-3;1-2/h3-10H,2H2,1H3;2H,1H3. The van der Waals surface area contributed by atoms with Crippen molar-refractivity contribution in [1.29, 1.82) is 0 Å². The van der Waals surface area contributed by atoms with Gasteiger partial charge in [0.05, 0.1) is 12.2 Å². The van der Waals surface area contributed by atoms with Gasteiger partial charge >= 0.3 is 0 Å². The van der Waals surface area contributed by atoms with Crippen LogP contribution in [-0.2, 0) is 0 Å². The van der Waals surface area contributed by atoms with Crippen LogP contribution >= 0.6 is 0 Å². The fraction of sp³-hybridized carbons (Fsp3) is 1.00. The summed E-state index contributed by atoms with van der Waals surface area (Å²) in [6.45, 7) is 2.11. The van der Waals surface area contributed by atoms with Crippen molar-refractivity contribution in [3.63, 3.8) is 0 Å². The van der Waals surface area contributed by atoms with E-state index in [4.69, 9.17) is 20.4 Å². The fourth-order valence-corrected chi connectivity index (χ4v) is 1.07. The van der Waals surface area contributed by atoms with Gasteiger partial charge in [-0.3, -0.25) is 0 Å². The zero-order chi connectivity index (χ0) is 9.72. The minimum absolute atomic E-state index is 0.140. The van der Waals surface area contributed by atoms with Gasteiger partial charge in [0.15, 0.2) is 0 Å². The molecule has 0 saturated carbocycles. The van der Waals surface area contributed by atoms with E-state index in [1.54, 1.807) is 6.92 Å². The van der Waals surface area contributed by atoms with Crippen molar-refractivity contribution in [2.75, 3.05) is 13.7 Å². The Hall–Kier alpha value is -0.200. The third-order valence-electron chi connectivity index (χ3n) is 1.91. The molecule has 0 aromatic carbocycles. The fourth-order valence-electron chi connectivity index (χ4n) is 1.07. The number of piperidine rings is 1. The Morgan fingerprint density at radius 1 is 1.08 bits per heavy atom. The lowest BCUT2D eigenvalue weighted by molar-refractivity contribution is -0.0910. The van der Waals surface area contributed by atoms with Crippen LogP contribution in [0, 0.1) is 0 Å². The molecule has 0 aromatic rings. The number of hydrogen-bond donors (Lipinski definition) is 5. The van der Waals surface area contributed by atoms with Gasteiger partial charge in [-0.25, -0.2) is 0 Å². The third kappa shape index (κ3) is 2.69. The summed E-state index contributed by atoms with van der Waals surface area (Å²) in [5.74, 6) is 0. The van der Waals surface area contributed by atoms with Gasteiger partial charge in [0.1, 0.15) is 6.10 Å². The Labute approximate surface area is 71.7 Å². The summed E-state index contributed by atoms with van der Waals surface area (Å²) in [4.78, 5) is 0. The van der Waals surface area contributed by atoms with Crippen molar-refractivity contribution in [3.8, 4) is 0 Å². The van der Waals surface area contributed by atoms with Gasteiger partial charge in [0.2, 0.25) is 0 Å². The first-order valence-corrected chi connectivity index (χ1v) is 3.85. The topological polar surface area (TPSA) is 93.0 Å². The van der Waals surface area contributed by atoms with E-state index >= 15 is 0 Å². The second-order valence-corrected chi connectivity index (χ2v) is 2.75. The molecule has 0 radical (unpaired) electrons. The molecule has 1 rings (SSSR count). The monoisotopic (exact) mass is 179 g/mol. The van der Waals surface area contributed by atoms with Crippen LogP contribution in [0.15, 0.2) is 0 Å². The van der Waals surface area contributed by atoms with E-state index in [-0.39, 0.29) is 6.04 Å². The number of rotatable bonds is 0. The van der Waals surface area contributed by atoms with E-state index in [9.17, 15) is 0 Å². The van der Waals surface area contributed by atoms with Crippen LogP contribution in [0.3, 0.4) is 0 Å². The summed E-state index contributed by atoms with van der Waals surface area (Å²) in [5, 5.41) is 37.1. The number of hydrogen-bond acceptors (Lipinski definition) is 5. The number of β-amino-alcohol motifs (C(OH)–C–C–N with tert-alkyl or cyclic N) is 1. The average Bonchev–Trinajstić information content (AvgIpc) is 2.12. The highest BCUT2D eigenvalue weighted by Crippen LogP contribution is 2.09. The van der Waals surface area contributed by atoms with Gasteiger partial charge in [0.25, 0.3) is 0 Å². The molecule has 4 unspecified atom stereocenters. The molecule has 1 saturated heterocycles. The first-order valence-electron chi connectivity index (χ1n) is 3.85. The van der Waals surface area contributed by atoms with Crippen molar-refractivity contribution in [2.45, 2.75) is 31.3 Å². The predicted octanol–water partition coefficient (Wildman–Crippen LogP) is -2.33. The summed E-state index contributed by atoms with van der Waals surface area (Å²) in [6.07, 6.45) is -2.70. The summed E-state index contributed by atoms with van der Waals surface area (Å²) < 4.78 is 0. The number of aliphatic hydroxyl groups is 4. The van der Waals surface area contributed by atoms with Gasteiger partial charge in [0, 0.05) is 19.7 Å². The van der Waals surface area contributed by atoms with Crippen LogP contribution in [0.2, 0.25) is 0 Å². The molecule has 0 spiro atoms. The molecule has 1 heterocycles. The highest BCUT2D eigenvalue weighted by Gasteiger charge is 2.33. The summed E-state index contributed by atoms with van der Waals surface area (Å²) in [6, 6.07) is -0.140. The second kappa shape index (κ2) is 5.45. The maximum atomic E-state index is 9.14. The smallest absolute Gasteiger partial charge is 0.108 e. The van der Waals surface area contributed by atoms with Crippen LogP contribution in [0.5, 0.6) is 0 Å². The maximum absolute atomic E-state index is 9.14. The van der Waals surface area contributed by atoms with Crippen LogP contribution in [0.4, 0.5) is 0 Å². The van der Waals surface area contributed by atoms with Gasteiger partial charge in [-0.15, -0.1) is 0 Å². The van der Waals surface area contributed by atoms with E-state index in [0.717, 1.165) is 7.11 Å². The van der Waals surface area contributed by atoms with E-state index < -0.39 is 18.3 Å². The van der Waals surface area contributed by atoms with Crippen molar-refractivity contribution in [2.24, 2.45) is 0 Å². The van der Waals surface area contributed by atoms with Gasteiger partial charge in [-0.2, -0.15) is 0 Å². The highest BCUT2D eigenvalue weighted by atomic mass is 16.4. The van der Waals surface area contributed by atoms with Crippen molar-refractivity contribution in [3.05, 3.63) is 0 Å². The molecule has 12 heavy (non-hydrogen) atoms. The lowest BCUT2D eigenvalue weighted by Gasteiger charge is -2.33. The molecule has 5 heteroatoms. The van der Waals surface area contributed by atoms with E-state index in [1.165, 1.54) is 0 Å². The quantitative estimate of drug-likeness (QED) is 0.287. The molecular formula is C7H17NO4. The van der Waals surface area contributed by atoms with Crippen LogP contribution in [0.25, 0.3) is 0 Å².